The fraction of sp³-hybridized carbons (Fsp3) is 0. The normalized spacial score (nSPS) is 10.0. The molecule has 0 bridgehead atoms. The first-order valence-electron chi connectivity index (χ1n) is 3.86. The van der Waals surface area contributed by atoms with Crippen molar-refractivity contribution in [2.45, 2.75) is 0 Å². The topological polar surface area (TPSA) is 72.2 Å². The lowest BCUT2D eigenvalue weighted by Crippen LogP contribution is -1.95. The number of carbonyl (C=O) groups excluding carboxylic acids is 1. The van der Waals surface area contributed by atoms with Gasteiger partial charge in [-0.3, -0.25) is 14.9 Å². The van der Waals surface area contributed by atoms with Crippen LogP contribution in [0.3, 0.4) is 0 Å². The Bertz CT molecular complexity index is 374. The summed E-state index contributed by atoms with van der Waals surface area (Å²) in [6, 6.07) is 6.20. The summed E-state index contributed by atoms with van der Waals surface area (Å²) in [5.74, 6) is 0. The SMILES string of the molecule is O=C/C=C/Nc1ccccc1[N+](=O)[O-]. The highest BCUT2D eigenvalue weighted by atomic mass is 16.6. The molecule has 1 N–H and O–H groups in total. The van der Waals surface area contributed by atoms with Gasteiger partial charge in [0.2, 0.25) is 0 Å². The number of hydrogen-bond donors (Lipinski definition) is 1. The zero-order chi connectivity index (χ0) is 10.4. The van der Waals surface area contributed by atoms with E-state index in [2.05, 4.69) is 5.32 Å². The molecule has 1 aromatic carbocycles. The highest BCUT2D eigenvalue weighted by molar-refractivity contribution is 5.68. The van der Waals surface area contributed by atoms with Crippen molar-refractivity contribution in [2.24, 2.45) is 0 Å². The molecule has 0 aliphatic carbocycles. The van der Waals surface area contributed by atoms with Gasteiger partial charge in [-0.2, -0.15) is 0 Å². The zero-order valence-corrected chi connectivity index (χ0v) is 7.21. The Balaban J connectivity index is 2.89. The minimum atomic E-state index is -0.489. The molecule has 0 aliphatic heterocycles. The van der Waals surface area contributed by atoms with Gasteiger partial charge in [0.1, 0.15) is 12.0 Å². The number of hydrogen-bond acceptors (Lipinski definition) is 4. The van der Waals surface area contributed by atoms with Crippen LogP contribution in [0.5, 0.6) is 0 Å². The number of nitrogens with zero attached hydrogens (tertiary/aromatic N) is 1. The number of aldehydes is 1. The van der Waals surface area contributed by atoms with Crippen LogP contribution < -0.4 is 5.32 Å². The van der Waals surface area contributed by atoms with Gasteiger partial charge in [0.15, 0.2) is 0 Å². The lowest BCUT2D eigenvalue weighted by Gasteiger charge is -2.00. The quantitative estimate of drug-likeness (QED) is 0.341. The molecule has 0 saturated carbocycles. The maximum atomic E-state index is 10.5. The second kappa shape index (κ2) is 4.76. The van der Waals surface area contributed by atoms with E-state index >= 15 is 0 Å². The van der Waals surface area contributed by atoms with Crippen LogP contribution in [0.25, 0.3) is 0 Å². The van der Waals surface area contributed by atoms with Crippen LogP contribution in [0.4, 0.5) is 11.4 Å². The monoisotopic (exact) mass is 192 g/mol. The summed E-state index contributed by atoms with van der Waals surface area (Å²) < 4.78 is 0. The number of allylic oxidation sites excluding steroid dienone is 1. The highest BCUT2D eigenvalue weighted by Gasteiger charge is 2.09. The fourth-order valence-electron chi connectivity index (χ4n) is 0.932. The van der Waals surface area contributed by atoms with Gasteiger partial charge in [-0.05, 0) is 12.1 Å². The molecule has 0 spiro atoms. The summed E-state index contributed by atoms with van der Waals surface area (Å²) >= 11 is 0. The minimum Gasteiger partial charge on any atom is -0.356 e. The Morgan fingerprint density at radius 3 is 2.71 bits per heavy atom. The van der Waals surface area contributed by atoms with E-state index in [-0.39, 0.29) is 5.69 Å². The van der Waals surface area contributed by atoms with Gasteiger partial charge in [0, 0.05) is 12.3 Å². The predicted molar refractivity (Wildman–Crippen MR) is 51.9 cm³/mol. The van der Waals surface area contributed by atoms with Crippen molar-refractivity contribution in [3.05, 3.63) is 46.7 Å². The molecule has 0 fully saturated rings. The lowest BCUT2D eigenvalue weighted by atomic mass is 10.3. The minimum absolute atomic E-state index is 0.0250. The molecule has 1 rings (SSSR count). The third-order valence-corrected chi connectivity index (χ3v) is 1.51. The smallest absolute Gasteiger partial charge is 0.292 e. The summed E-state index contributed by atoms with van der Waals surface area (Å²) in [5, 5.41) is 13.2. The summed E-state index contributed by atoms with van der Waals surface area (Å²) in [5.41, 5.74) is 0.332. The molecular weight excluding hydrogens is 184 g/mol. The van der Waals surface area contributed by atoms with Crippen molar-refractivity contribution in [2.75, 3.05) is 5.32 Å². The first-order chi connectivity index (χ1) is 6.75. The van der Waals surface area contributed by atoms with E-state index < -0.39 is 4.92 Å². The van der Waals surface area contributed by atoms with Crippen molar-refractivity contribution in [3.63, 3.8) is 0 Å². The number of nitrogens with one attached hydrogen (secondary N) is 1. The maximum Gasteiger partial charge on any atom is 0.292 e. The van der Waals surface area contributed by atoms with Gasteiger partial charge in [0.05, 0.1) is 4.92 Å². The number of benzene rings is 1. The van der Waals surface area contributed by atoms with E-state index in [1.165, 1.54) is 18.3 Å². The van der Waals surface area contributed by atoms with E-state index in [1.54, 1.807) is 18.2 Å². The molecule has 0 aromatic heterocycles. The lowest BCUT2D eigenvalue weighted by molar-refractivity contribution is -0.383. The summed E-state index contributed by atoms with van der Waals surface area (Å²) in [4.78, 5) is 20.0. The molecule has 0 heterocycles. The third-order valence-electron chi connectivity index (χ3n) is 1.51. The summed E-state index contributed by atoms with van der Waals surface area (Å²) in [6.45, 7) is 0. The molecule has 0 saturated heterocycles. The van der Waals surface area contributed by atoms with E-state index in [4.69, 9.17) is 0 Å². The molecule has 72 valence electrons. The predicted octanol–water partition coefficient (Wildman–Crippen LogP) is 1.72. The van der Waals surface area contributed by atoms with Gasteiger partial charge in [-0.25, -0.2) is 0 Å². The fourth-order valence-corrected chi connectivity index (χ4v) is 0.932. The van der Waals surface area contributed by atoms with E-state index in [1.807, 2.05) is 0 Å². The van der Waals surface area contributed by atoms with Crippen LogP contribution in [0.1, 0.15) is 0 Å². The first-order valence-corrected chi connectivity index (χ1v) is 3.86. The van der Waals surface area contributed by atoms with Crippen LogP contribution >= 0.6 is 0 Å². The number of nitro groups is 1. The van der Waals surface area contributed by atoms with E-state index in [9.17, 15) is 14.9 Å². The molecule has 0 amide bonds. The standard InChI is InChI=1S/C9H8N2O3/c12-7-3-6-10-8-4-1-2-5-9(8)11(13)14/h1-7,10H/b6-3+. The Kier molecular flexibility index (Phi) is 3.37. The van der Waals surface area contributed by atoms with Gasteiger partial charge in [-0.1, -0.05) is 12.1 Å². The van der Waals surface area contributed by atoms with Crippen LogP contribution in [-0.2, 0) is 4.79 Å². The molecule has 5 nitrogen and oxygen atoms in total. The molecule has 1 aromatic rings. The van der Waals surface area contributed by atoms with Gasteiger partial charge >= 0.3 is 0 Å². The van der Waals surface area contributed by atoms with Gasteiger partial charge < -0.3 is 5.32 Å². The van der Waals surface area contributed by atoms with Crippen molar-refractivity contribution in [3.8, 4) is 0 Å². The molecule has 0 unspecified atom stereocenters. The first kappa shape index (κ1) is 9.91. The Morgan fingerprint density at radius 2 is 2.07 bits per heavy atom. The van der Waals surface area contributed by atoms with Crippen LogP contribution in [0, 0.1) is 10.1 Å². The average Bonchev–Trinajstić information content (AvgIpc) is 2.19. The van der Waals surface area contributed by atoms with E-state index in [0.29, 0.717) is 12.0 Å². The van der Waals surface area contributed by atoms with Gasteiger partial charge in [0.25, 0.3) is 5.69 Å². The maximum absolute atomic E-state index is 10.5. The number of anilines is 1. The summed E-state index contributed by atoms with van der Waals surface area (Å²) in [7, 11) is 0. The van der Waals surface area contributed by atoms with Crippen molar-refractivity contribution in [1.82, 2.24) is 0 Å². The van der Waals surface area contributed by atoms with Crippen LogP contribution in [-0.4, -0.2) is 11.2 Å². The Morgan fingerprint density at radius 1 is 1.36 bits per heavy atom. The second-order valence-electron chi connectivity index (χ2n) is 2.41. The largest absolute Gasteiger partial charge is 0.356 e. The average molecular weight is 192 g/mol. The second-order valence-corrected chi connectivity index (χ2v) is 2.41. The number of carbonyl (C=O) groups is 1. The molecule has 0 radical (unpaired) electrons. The third kappa shape index (κ3) is 2.41. The summed E-state index contributed by atoms with van der Waals surface area (Å²) in [6.07, 6.45) is 3.15. The van der Waals surface area contributed by atoms with Crippen molar-refractivity contribution in [1.29, 1.82) is 0 Å². The van der Waals surface area contributed by atoms with E-state index in [0.717, 1.165) is 0 Å². The van der Waals surface area contributed by atoms with Crippen molar-refractivity contribution < 1.29 is 9.72 Å². The zero-order valence-electron chi connectivity index (χ0n) is 7.21. The number of rotatable bonds is 4. The molecule has 0 atom stereocenters. The highest BCUT2D eigenvalue weighted by Crippen LogP contribution is 2.22. The molecule has 14 heavy (non-hydrogen) atoms. The van der Waals surface area contributed by atoms with Crippen molar-refractivity contribution >= 4 is 17.7 Å². The van der Waals surface area contributed by atoms with Crippen LogP contribution in [0.2, 0.25) is 0 Å². The Hall–Kier alpha value is -2.17. The van der Waals surface area contributed by atoms with Gasteiger partial charge in [-0.15, -0.1) is 0 Å². The molecule has 0 aliphatic rings. The Labute approximate surface area is 80.2 Å². The van der Waals surface area contributed by atoms with Crippen LogP contribution in [0.15, 0.2) is 36.5 Å². The molecular formula is C9H8N2O3. The number of para-hydroxylation sites is 2. The number of nitro benzene ring substituents is 1. The molecule has 5 heteroatoms.